The maximum atomic E-state index is 11.5. The molecule has 1 aliphatic rings. The number of anilines is 2. The van der Waals surface area contributed by atoms with Crippen molar-refractivity contribution in [3.63, 3.8) is 0 Å². The van der Waals surface area contributed by atoms with Crippen LogP contribution in [0, 0.1) is 12.3 Å². The number of benzene rings is 2. The second kappa shape index (κ2) is 8.93. The molecule has 2 heterocycles. The van der Waals surface area contributed by atoms with Gasteiger partial charge in [-0.1, -0.05) is 12.0 Å². The Hall–Kier alpha value is -3.78. The third kappa shape index (κ3) is 4.39. The summed E-state index contributed by atoms with van der Waals surface area (Å²) in [5.74, 6) is 2.94. The van der Waals surface area contributed by atoms with Gasteiger partial charge in [0.05, 0.1) is 12.2 Å². The van der Waals surface area contributed by atoms with Crippen LogP contribution in [0.2, 0.25) is 0 Å². The van der Waals surface area contributed by atoms with Crippen molar-refractivity contribution in [1.29, 1.82) is 0 Å². The van der Waals surface area contributed by atoms with Gasteiger partial charge in [0.1, 0.15) is 5.75 Å². The topological polar surface area (TPSA) is 62.7 Å². The van der Waals surface area contributed by atoms with Crippen molar-refractivity contribution in [3.8, 4) is 18.1 Å². The van der Waals surface area contributed by atoms with E-state index in [1.165, 1.54) is 11.8 Å². The van der Waals surface area contributed by atoms with E-state index in [0.717, 1.165) is 41.1 Å². The summed E-state index contributed by atoms with van der Waals surface area (Å²) in [6, 6.07) is 15.7. The first-order valence-corrected chi connectivity index (χ1v) is 10.3. The Bertz CT molecular complexity index is 1130. The zero-order chi connectivity index (χ0) is 21.8. The molecule has 1 aromatic heterocycles. The summed E-state index contributed by atoms with van der Waals surface area (Å²) in [6.07, 6.45) is 11.1. The Labute approximate surface area is 182 Å². The molecule has 4 rings (SSSR count). The molecule has 0 saturated carbocycles. The van der Waals surface area contributed by atoms with Crippen LogP contribution in [-0.4, -0.2) is 29.7 Å². The molecule has 0 fully saturated rings. The standard InChI is InChI=1S/C26H24N2O3/c1-3-18-4-8-21(9-5-18)28(2)22-10-11-23-19(13-15-31-25(23)16-22)6-7-20-17-27-14-12-24(20)26(29)30/h1,4-5,8-12,14,16-17,19H,6-7,13,15H2,2H3,(H,29,30)/t19-/m1/s1. The van der Waals surface area contributed by atoms with E-state index in [0.29, 0.717) is 24.5 Å². The summed E-state index contributed by atoms with van der Waals surface area (Å²) >= 11 is 0. The lowest BCUT2D eigenvalue weighted by Crippen LogP contribution is -2.17. The molecule has 0 bridgehead atoms. The second-order valence-electron chi connectivity index (χ2n) is 7.68. The molecule has 0 unspecified atom stereocenters. The van der Waals surface area contributed by atoms with E-state index < -0.39 is 5.97 Å². The number of ether oxygens (including phenoxy) is 1. The second-order valence-corrected chi connectivity index (χ2v) is 7.68. The molecular weight excluding hydrogens is 388 g/mol. The van der Waals surface area contributed by atoms with Crippen molar-refractivity contribution < 1.29 is 14.6 Å². The van der Waals surface area contributed by atoms with Crippen molar-refractivity contribution >= 4 is 17.3 Å². The number of carboxylic acids is 1. The number of hydrogen-bond donors (Lipinski definition) is 1. The summed E-state index contributed by atoms with van der Waals surface area (Å²) < 4.78 is 5.97. The van der Waals surface area contributed by atoms with Gasteiger partial charge in [0, 0.05) is 42.4 Å². The third-order valence-corrected chi connectivity index (χ3v) is 5.87. The van der Waals surface area contributed by atoms with Crippen LogP contribution >= 0.6 is 0 Å². The molecule has 3 aromatic rings. The van der Waals surface area contributed by atoms with Crippen molar-refractivity contribution in [2.75, 3.05) is 18.6 Å². The van der Waals surface area contributed by atoms with Gasteiger partial charge in [-0.2, -0.15) is 0 Å². The zero-order valence-electron chi connectivity index (χ0n) is 17.4. The lowest BCUT2D eigenvalue weighted by molar-refractivity contribution is 0.0695. The summed E-state index contributed by atoms with van der Waals surface area (Å²) in [5.41, 5.74) is 5.21. The Morgan fingerprint density at radius 2 is 2.00 bits per heavy atom. The van der Waals surface area contributed by atoms with Crippen LogP contribution in [0.15, 0.2) is 60.9 Å². The molecule has 0 spiro atoms. The van der Waals surface area contributed by atoms with Crippen LogP contribution in [0.1, 0.15) is 45.8 Å². The van der Waals surface area contributed by atoms with E-state index in [1.54, 1.807) is 12.3 Å². The zero-order valence-corrected chi connectivity index (χ0v) is 17.4. The highest BCUT2D eigenvalue weighted by Gasteiger charge is 2.23. The van der Waals surface area contributed by atoms with Gasteiger partial charge in [-0.25, -0.2) is 4.79 Å². The molecule has 0 radical (unpaired) electrons. The SMILES string of the molecule is C#Cc1ccc(N(C)c2ccc3c(c2)OCC[C@H]3CCc2cnccc2C(=O)O)cc1. The van der Waals surface area contributed by atoms with Crippen LogP contribution in [0.3, 0.4) is 0 Å². The molecule has 1 aliphatic heterocycles. The quantitative estimate of drug-likeness (QED) is 0.576. The number of aryl methyl sites for hydroxylation is 1. The molecule has 0 amide bonds. The number of nitrogens with zero attached hydrogens (tertiary/aromatic N) is 2. The van der Waals surface area contributed by atoms with E-state index in [2.05, 4.69) is 34.0 Å². The van der Waals surface area contributed by atoms with E-state index in [1.807, 2.05) is 31.3 Å². The molecule has 156 valence electrons. The van der Waals surface area contributed by atoms with Gasteiger partial charge in [-0.05, 0) is 72.7 Å². The lowest BCUT2D eigenvalue weighted by Gasteiger charge is -2.28. The van der Waals surface area contributed by atoms with Crippen LogP contribution < -0.4 is 9.64 Å². The average Bonchev–Trinajstić information content (AvgIpc) is 2.82. The number of carboxylic acid groups (broad SMARTS) is 1. The Morgan fingerprint density at radius 1 is 1.23 bits per heavy atom. The van der Waals surface area contributed by atoms with Gasteiger partial charge >= 0.3 is 5.97 Å². The fourth-order valence-corrected chi connectivity index (χ4v) is 4.06. The Morgan fingerprint density at radius 3 is 2.74 bits per heavy atom. The number of carbonyl (C=O) groups is 1. The first-order chi connectivity index (χ1) is 15.1. The van der Waals surface area contributed by atoms with Crippen LogP contribution in [-0.2, 0) is 6.42 Å². The fourth-order valence-electron chi connectivity index (χ4n) is 4.06. The van der Waals surface area contributed by atoms with Gasteiger partial charge in [-0.3, -0.25) is 4.98 Å². The molecule has 31 heavy (non-hydrogen) atoms. The minimum absolute atomic E-state index is 0.319. The highest BCUT2D eigenvalue weighted by atomic mass is 16.5. The summed E-state index contributed by atoms with van der Waals surface area (Å²) in [7, 11) is 2.02. The van der Waals surface area contributed by atoms with Crippen molar-refractivity contribution in [1.82, 2.24) is 4.98 Å². The minimum atomic E-state index is -0.910. The number of fused-ring (bicyclic) bond motifs is 1. The summed E-state index contributed by atoms with van der Waals surface area (Å²) in [4.78, 5) is 17.7. The summed E-state index contributed by atoms with van der Waals surface area (Å²) in [5, 5.41) is 9.40. The molecule has 5 nitrogen and oxygen atoms in total. The van der Waals surface area contributed by atoms with Gasteiger partial charge in [0.25, 0.3) is 0 Å². The first-order valence-electron chi connectivity index (χ1n) is 10.3. The van der Waals surface area contributed by atoms with Gasteiger partial charge in [-0.15, -0.1) is 6.42 Å². The predicted molar refractivity (Wildman–Crippen MR) is 121 cm³/mol. The molecule has 2 aromatic carbocycles. The molecular formula is C26H24N2O3. The first kappa shape index (κ1) is 20.5. The maximum Gasteiger partial charge on any atom is 0.336 e. The van der Waals surface area contributed by atoms with Crippen molar-refractivity contribution in [2.24, 2.45) is 0 Å². The third-order valence-electron chi connectivity index (χ3n) is 5.87. The molecule has 1 atom stereocenters. The van der Waals surface area contributed by atoms with E-state index in [4.69, 9.17) is 11.2 Å². The largest absolute Gasteiger partial charge is 0.493 e. The highest BCUT2D eigenvalue weighted by molar-refractivity contribution is 5.89. The van der Waals surface area contributed by atoms with E-state index in [9.17, 15) is 9.90 Å². The van der Waals surface area contributed by atoms with Gasteiger partial charge < -0.3 is 14.7 Å². The van der Waals surface area contributed by atoms with Crippen molar-refractivity contribution in [2.45, 2.75) is 25.2 Å². The predicted octanol–water partition coefficient (Wildman–Crippen LogP) is 5.03. The number of aromatic carboxylic acids is 1. The Kier molecular flexibility index (Phi) is 5.90. The highest BCUT2D eigenvalue weighted by Crippen LogP contribution is 2.39. The number of aromatic nitrogens is 1. The minimum Gasteiger partial charge on any atom is -0.493 e. The monoisotopic (exact) mass is 412 g/mol. The normalized spacial score (nSPS) is 14.8. The van der Waals surface area contributed by atoms with E-state index >= 15 is 0 Å². The maximum absolute atomic E-state index is 11.5. The number of pyridine rings is 1. The molecule has 1 N–H and O–H groups in total. The number of rotatable bonds is 6. The smallest absolute Gasteiger partial charge is 0.336 e. The Balaban J connectivity index is 1.52. The van der Waals surface area contributed by atoms with Crippen molar-refractivity contribution in [3.05, 3.63) is 83.2 Å². The van der Waals surface area contributed by atoms with Gasteiger partial charge in [0.15, 0.2) is 0 Å². The molecule has 0 aliphatic carbocycles. The van der Waals surface area contributed by atoms with E-state index in [-0.39, 0.29) is 0 Å². The van der Waals surface area contributed by atoms with Crippen LogP contribution in [0.5, 0.6) is 5.75 Å². The molecule has 5 heteroatoms. The number of hydrogen-bond acceptors (Lipinski definition) is 4. The van der Waals surface area contributed by atoms with Gasteiger partial charge in [0.2, 0.25) is 0 Å². The molecule has 0 saturated heterocycles. The van der Waals surface area contributed by atoms with Crippen LogP contribution in [0.4, 0.5) is 11.4 Å². The lowest BCUT2D eigenvalue weighted by atomic mass is 9.87. The number of terminal acetylenes is 1. The average molecular weight is 412 g/mol. The van der Waals surface area contributed by atoms with Crippen LogP contribution in [0.25, 0.3) is 0 Å². The summed E-state index contributed by atoms with van der Waals surface area (Å²) in [6.45, 7) is 0.653. The fraction of sp³-hybridized carbons (Fsp3) is 0.231.